The third-order valence-electron chi connectivity index (χ3n) is 4.18. The first-order valence-electron chi connectivity index (χ1n) is 9.00. The van der Waals surface area contributed by atoms with Gasteiger partial charge in [-0.1, -0.05) is 12.1 Å². The molecule has 0 aliphatic carbocycles. The first kappa shape index (κ1) is 20.0. The second-order valence-electron chi connectivity index (χ2n) is 6.23. The summed E-state index contributed by atoms with van der Waals surface area (Å²) in [6.45, 7) is 2.21. The quantitative estimate of drug-likeness (QED) is 0.650. The molecule has 0 unspecified atom stereocenters. The van der Waals surface area contributed by atoms with Crippen molar-refractivity contribution < 1.29 is 18.7 Å². The van der Waals surface area contributed by atoms with Gasteiger partial charge in [0.05, 0.1) is 18.7 Å². The van der Waals surface area contributed by atoms with Crippen molar-refractivity contribution in [2.75, 3.05) is 11.9 Å². The topological polar surface area (TPSA) is 77.4 Å². The van der Waals surface area contributed by atoms with E-state index < -0.39 is 17.4 Å². The van der Waals surface area contributed by atoms with E-state index in [4.69, 9.17) is 4.74 Å². The number of aromatic nitrogens is 1. The standard InChI is InChI=1S/C22H19FN2O4/c1-2-29-22(28)16-7-11-18(12-8-16)24-20(26)19-4-3-13-25(21(19)27)14-15-5-9-17(23)10-6-15/h3-13H,2,14H2,1H3,(H,24,26). The number of halogens is 1. The highest BCUT2D eigenvalue weighted by atomic mass is 19.1. The van der Waals surface area contributed by atoms with Crippen LogP contribution in [0.2, 0.25) is 0 Å². The third-order valence-corrected chi connectivity index (χ3v) is 4.18. The molecule has 0 aliphatic heterocycles. The Kier molecular flexibility index (Phi) is 6.19. The molecule has 1 N–H and O–H groups in total. The minimum atomic E-state index is -0.563. The molecule has 0 spiro atoms. The maximum atomic E-state index is 13.0. The number of nitrogens with one attached hydrogen (secondary N) is 1. The number of carbonyl (C=O) groups excluding carboxylic acids is 2. The summed E-state index contributed by atoms with van der Waals surface area (Å²) in [6, 6.07) is 15.0. The molecule has 0 saturated heterocycles. The molecule has 7 heteroatoms. The fourth-order valence-electron chi connectivity index (χ4n) is 2.72. The Balaban J connectivity index is 1.75. The first-order valence-corrected chi connectivity index (χ1v) is 9.00. The minimum Gasteiger partial charge on any atom is -0.462 e. The van der Waals surface area contributed by atoms with Gasteiger partial charge in [-0.05, 0) is 61.0 Å². The molecule has 1 heterocycles. The molecule has 0 atom stereocenters. The van der Waals surface area contributed by atoms with Crippen LogP contribution in [0.1, 0.15) is 33.2 Å². The number of ether oxygens (including phenoxy) is 1. The molecular weight excluding hydrogens is 375 g/mol. The molecular formula is C22H19FN2O4. The van der Waals surface area contributed by atoms with E-state index in [2.05, 4.69) is 5.32 Å². The molecule has 29 heavy (non-hydrogen) atoms. The summed E-state index contributed by atoms with van der Waals surface area (Å²) in [4.78, 5) is 36.9. The molecule has 0 aliphatic rings. The summed E-state index contributed by atoms with van der Waals surface area (Å²) in [5.41, 5.74) is 1.06. The van der Waals surface area contributed by atoms with E-state index >= 15 is 0 Å². The van der Waals surface area contributed by atoms with E-state index in [9.17, 15) is 18.8 Å². The lowest BCUT2D eigenvalue weighted by atomic mass is 10.2. The van der Waals surface area contributed by atoms with Gasteiger partial charge >= 0.3 is 5.97 Å². The lowest BCUT2D eigenvalue weighted by Crippen LogP contribution is -2.29. The van der Waals surface area contributed by atoms with Gasteiger partial charge in [-0.25, -0.2) is 9.18 Å². The molecule has 0 fully saturated rings. The number of anilines is 1. The number of nitrogens with zero attached hydrogens (tertiary/aromatic N) is 1. The zero-order valence-corrected chi connectivity index (χ0v) is 15.7. The lowest BCUT2D eigenvalue weighted by molar-refractivity contribution is 0.0526. The molecule has 1 aromatic heterocycles. The Hall–Kier alpha value is -3.74. The Morgan fingerprint density at radius 3 is 2.38 bits per heavy atom. The fourth-order valence-corrected chi connectivity index (χ4v) is 2.72. The highest BCUT2D eigenvalue weighted by molar-refractivity contribution is 6.04. The monoisotopic (exact) mass is 394 g/mol. The van der Waals surface area contributed by atoms with Gasteiger partial charge in [0.25, 0.3) is 11.5 Å². The molecule has 148 valence electrons. The lowest BCUT2D eigenvalue weighted by Gasteiger charge is -2.09. The third kappa shape index (κ3) is 4.95. The summed E-state index contributed by atoms with van der Waals surface area (Å²) in [5, 5.41) is 2.64. The molecule has 3 rings (SSSR count). The van der Waals surface area contributed by atoms with Gasteiger partial charge in [0.1, 0.15) is 11.4 Å². The first-order chi connectivity index (χ1) is 14.0. The van der Waals surface area contributed by atoms with Crippen LogP contribution in [-0.4, -0.2) is 23.1 Å². The molecule has 0 saturated carbocycles. The molecule has 6 nitrogen and oxygen atoms in total. The maximum absolute atomic E-state index is 13.0. The Labute approximate surface area is 166 Å². The van der Waals surface area contributed by atoms with E-state index in [1.807, 2.05) is 0 Å². The van der Waals surface area contributed by atoms with E-state index in [0.717, 1.165) is 5.56 Å². The van der Waals surface area contributed by atoms with Crippen LogP contribution in [0.25, 0.3) is 0 Å². The summed E-state index contributed by atoms with van der Waals surface area (Å²) < 4.78 is 19.3. The zero-order valence-electron chi connectivity index (χ0n) is 15.7. The fraction of sp³-hybridized carbons (Fsp3) is 0.136. The Morgan fingerprint density at radius 1 is 1.03 bits per heavy atom. The predicted octanol–water partition coefficient (Wildman–Crippen LogP) is 3.46. The van der Waals surface area contributed by atoms with Crippen molar-refractivity contribution in [3.8, 4) is 0 Å². The van der Waals surface area contributed by atoms with Gasteiger partial charge in [0, 0.05) is 11.9 Å². The van der Waals surface area contributed by atoms with Crippen molar-refractivity contribution in [3.63, 3.8) is 0 Å². The highest BCUT2D eigenvalue weighted by Gasteiger charge is 2.13. The summed E-state index contributed by atoms with van der Waals surface area (Å²) in [6.07, 6.45) is 1.57. The van der Waals surface area contributed by atoms with Crippen LogP contribution in [0, 0.1) is 5.82 Å². The molecule has 2 aromatic carbocycles. The van der Waals surface area contributed by atoms with Crippen LogP contribution in [0.4, 0.5) is 10.1 Å². The largest absolute Gasteiger partial charge is 0.462 e. The van der Waals surface area contributed by atoms with Crippen molar-refractivity contribution >= 4 is 17.6 Å². The van der Waals surface area contributed by atoms with Crippen molar-refractivity contribution in [1.29, 1.82) is 0 Å². The Bertz CT molecular complexity index is 1070. The summed E-state index contributed by atoms with van der Waals surface area (Å²) in [5.74, 6) is -1.37. The molecule has 3 aromatic rings. The van der Waals surface area contributed by atoms with Crippen LogP contribution in [0.15, 0.2) is 71.7 Å². The molecule has 0 bridgehead atoms. The van der Waals surface area contributed by atoms with Crippen molar-refractivity contribution in [3.05, 3.63) is 99.7 Å². The number of carbonyl (C=O) groups is 2. The number of esters is 1. The molecule has 1 amide bonds. The van der Waals surface area contributed by atoms with Crippen LogP contribution in [0.3, 0.4) is 0 Å². The predicted molar refractivity (Wildman–Crippen MR) is 107 cm³/mol. The SMILES string of the molecule is CCOC(=O)c1ccc(NC(=O)c2cccn(Cc3ccc(F)cc3)c2=O)cc1. The van der Waals surface area contributed by atoms with Gasteiger partial charge in [-0.3, -0.25) is 9.59 Å². The number of hydrogen-bond donors (Lipinski definition) is 1. The van der Waals surface area contributed by atoms with Crippen molar-refractivity contribution in [1.82, 2.24) is 4.57 Å². The number of amides is 1. The van der Waals surface area contributed by atoms with Crippen LogP contribution in [-0.2, 0) is 11.3 Å². The Morgan fingerprint density at radius 2 is 1.72 bits per heavy atom. The second-order valence-corrected chi connectivity index (χ2v) is 6.23. The zero-order chi connectivity index (χ0) is 20.8. The summed E-state index contributed by atoms with van der Waals surface area (Å²) >= 11 is 0. The van der Waals surface area contributed by atoms with Crippen LogP contribution < -0.4 is 10.9 Å². The highest BCUT2D eigenvalue weighted by Crippen LogP contribution is 2.12. The van der Waals surface area contributed by atoms with E-state index in [0.29, 0.717) is 11.3 Å². The number of rotatable bonds is 6. The van der Waals surface area contributed by atoms with Gasteiger partial charge in [0.15, 0.2) is 0 Å². The van der Waals surface area contributed by atoms with Crippen molar-refractivity contribution in [2.24, 2.45) is 0 Å². The average Bonchev–Trinajstić information content (AvgIpc) is 2.72. The van der Waals surface area contributed by atoms with Crippen molar-refractivity contribution in [2.45, 2.75) is 13.5 Å². The van der Waals surface area contributed by atoms with Gasteiger partial charge in [0.2, 0.25) is 0 Å². The maximum Gasteiger partial charge on any atom is 0.338 e. The number of hydrogen-bond acceptors (Lipinski definition) is 4. The van der Waals surface area contributed by atoms with Gasteiger partial charge < -0.3 is 14.6 Å². The van der Waals surface area contributed by atoms with E-state index in [-0.39, 0.29) is 24.5 Å². The average molecular weight is 394 g/mol. The van der Waals surface area contributed by atoms with Gasteiger partial charge in [-0.15, -0.1) is 0 Å². The van der Waals surface area contributed by atoms with Crippen LogP contribution in [0.5, 0.6) is 0 Å². The molecule has 0 radical (unpaired) electrons. The van der Waals surface area contributed by atoms with E-state index in [1.54, 1.807) is 43.5 Å². The normalized spacial score (nSPS) is 10.4. The van der Waals surface area contributed by atoms with E-state index in [1.165, 1.54) is 34.9 Å². The number of pyridine rings is 1. The number of benzene rings is 2. The summed E-state index contributed by atoms with van der Waals surface area (Å²) in [7, 11) is 0. The van der Waals surface area contributed by atoms with Crippen LogP contribution >= 0.6 is 0 Å². The smallest absolute Gasteiger partial charge is 0.338 e. The minimum absolute atomic E-state index is 0.0240. The second kappa shape index (κ2) is 8.97. The van der Waals surface area contributed by atoms with Gasteiger partial charge in [-0.2, -0.15) is 0 Å².